The van der Waals surface area contributed by atoms with Crippen molar-refractivity contribution in [2.24, 2.45) is 0 Å². The van der Waals surface area contributed by atoms with Gasteiger partial charge in [0, 0.05) is 14.2 Å². The minimum atomic E-state index is 0.199. The number of thioether (sulfide) groups is 1. The third-order valence-corrected chi connectivity index (χ3v) is 4.76. The highest BCUT2D eigenvalue weighted by molar-refractivity contribution is 8.00. The average molecular weight is 362 g/mol. The van der Waals surface area contributed by atoms with Crippen molar-refractivity contribution >= 4 is 11.8 Å². The third kappa shape index (κ3) is 7.82. The van der Waals surface area contributed by atoms with E-state index in [9.17, 15) is 0 Å². The van der Waals surface area contributed by atoms with Crippen LogP contribution in [0.2, 0.25) is 0 Å². The highest BCUT2D eigenvalue weighted by Gasteiger charge is 2.19. The minimum Gasteiger partial charge on any atom is -0.492 e. The summed E-state index contributed by atoms with van der Waals surface area (Å²) < 4.78 is 22.5. The van der Waals surface area contributed by atoms with Crippen LogP contribution in [0, 0.1) is 0 Å². The lowest BCUT2D eigenvalue weighted by Gasteiger charge is -2.23. The first-order valence-corrected chi connectivity index (χ1v) is 9.25. The van der Waals surface area contributed by atoms with Crippen molar-refractivity contribution in [1.82, 2.24) is 0 Å². The predicted molar refractivity (Wildman–Crippen MR) is 103 cm³/mol. The topological polar surface area (TPSA) is 36.9 Å². The standard InChI is InChI=1S/C20H26O4S/c1-21-13-19(15-23-17-9-5-3-6-10-17)25-20(14-22-2)16-24-18-11-7-4-8-12-18/h3-12,19-20H,13-16H2,1-2H3. The summed E-state index contributed by atoms with van der Waals surface area (Å²) in [5, 5.41) is 0.398. The molecule has 0 saturated heterocycles. The Morgan fingerprint density at radius 3 is 1.40 bits per heavy atom. The molecule has 0 spiro atoms. The SMILES string of the molecule is COCC(COc1ccccc1)SC(COC)COc1ccccc1. The summed E-state index contributed by atoms with van der Waals surface area (Å²) in [6.45, 7) is 2.38. The van der Waals surface area contributed by atoms with Crippen molar-refractivity contribution in [1.29, 1.82) is 0 Å². The van der Waals surface area contributed by atoms with Gasteiger partial charge in [-0.15, -0.1) is 11.8 Å². The zero-order valence-electron chi connectivity index (χ0n) is 14.8. The Kier molecular flexibility index (Phi) is 9.26. The molecule has 2 rings (SSSR count). The smallest absolute Gasteiger partial charge is 0.119 e. The van der Waals surface area contributed by atoms with E-state index >= 15 is 0 Å². The lowest BCUT2D eigenvalue weighted by molar-refractivity contribution is 0.169. The van der Waals surface area contributed by atoms with Gasteiger partial charge in [-0.2, -0.15) is 0 Å². The Hall–Kier alpha value is -1.69. The van der Waals surface area contributed by atoms with Crippen molar-refractivity contribution in [3.8, 4) is 11.5 Å². The van der Waals surface area contributed by atoms with E-state index in [1.165, 1.54) is 0 Å². The van der Waals surface area contributed by atoms with Crippen LogP contribution in [0.1, 0.15) is 0 Å². The molecule has 0 aromatic heterocycles. The number of para-hydroxylation sites is 2. The molecular weight excluding hydrogens is 336 g/mol. The van der Waals surface area contributed by atoms with Crippen LogP contribution < -0.4 is 9.47 Å². The fourth-order valence-corrected chi connectivity index (χ4v) is 3.58. The summed E-state index contributed by atoms with van der Waals surface area (Å²) in [5.41, 5.74) is 0. The van der Waals surface area contributed by atoms with Gasteiger partial charge in [0.15, 0.2) is 0 Å². The number of hydrogen-bond donors (Lipinski definition) is 0. The summed E-state index contributed by atoms with van der Waals surface area (Å²) in [5.74, 6) is 1.74. The summed E-state index contributed by atoms with van der Waals surface area (Å²) in [6.07, 6.45) is 0. The molecule has 0 fully saturated rings. The lowest BCUT2D eigenvalue weighted by atomic mass is 10.3. The molecule has 25 heavy (non-hydrogen) atoms. The minimum absolute atomic E-state index is 0.199. The number of hydrogen-bond acceptors (Lipinski definition) is 5. The maximum Gasteiger partial charge on any atom is 0.119 e. The van der Waals surface area contributed by atoms with Gasteiger partial charge in [-0.1, -0.05) is 36.4 Å². The first-order chi connectivity index (χ1) is 12.3. The van der Waals surface area contributed by atoms with Crippen LogP contribution in [0.3, 0.4) is 0 Å². The van der Waals surface area contributed by atoms with Gasteiger partial charge in [0.25, 0.3) is 0 Å². The predicted octanol–water partition coefficient (Wildman–Crippen LogP) is 3.91. The second-order valence-corrected chi connectivity index (χ2v) is 7.14. The molecule has 4 nitrogen and oxygen atoms in total. The van der Waals surface area contributed by atoms with E-state index in [0.717, 1.165) is 11.5 Å². The molecule has 2 unspecified atom stereocenters. The summed E-state index contributed by atoms with van der Waals surface area (Å²) in [4.78, 5) is 0. The lowest BCUT2D eigenvalue weighted by Crippen LogP contribution is -2.28. The molecule has 0 bridgehead atoms. The number of methoxy groups -OCH3 is 2. The van der Waals surface area contributed by atoms with Gasteiger partial charge >= 0.3 is 0 Å². The monoisotopic (exact) mass is 362 g/mol. The molecule has 0 heterocycles. The molecular formula is C20H26O4S. The molecule has 2 aromatic rings. The largest absolute Gasteiger partial charge is 0.492 e. The van der Waals surface area contributed by atoms with Crippen LogP contribution in [0.5, 0.6) is 11.5 Å². The fraction of sp³-hybridized carbons (Fsp3) is 0.400. The van der Waals surface area contributed by atoms with Gasteiger partial charge in [-0.3, -0.25) is 0 Å². The number of rotatable bonds is 12. The maximum absolute atomic E-state index is 5.88. The summed E-state index contributed by atoms with van der Waals surface area (Å²) in [7, 11) is 3.42. The van der Waals surface area contributed by atoms with Crippen molar-refractivity contribution < 1.29 is 18.9 Å². The third-order valence-electron chi connectivity index (χ3n) is 3.45. The van der Waals surface area contributed by atoms with E-state index in [4.69, 9.17) is 18.9 Å². The van der Waals surface area contributed by atoms with Gasteiger partial charge in [0.1, 0.15) is 24.7 Å². The zero-order valence-corrected chi connectivity index (χ0v) is 15.6. The average Bonchev–Trinajstić information content (AvgIpc) is 2.66. The summed E-state index contributed by atoms with van der Waals surface area (Å²) in [6, 6.07) is 19.7. The molecule has 0 aliphatic heterocycles. The van der Waals surface area contributed by atoms with Crippen LogP contribution >= 0.6 is 11.8 Å². The Morgan fingerprint density at radius 1 is 0.640 bits per heavy atom. The normalized spacial score (nSPS) is 13.2. The molecule has 0 aliphatic rings. The fourth-order valence-electron chi connectivity index (χ4n) is 2.31. The second-order valence-electron chi connectivity index (χ2n) is 5.54. The second kappa shape index (κ2) is 11.8. The quantitative estimate of drug-likeness (QED) is 0.572. The maximum atomic E-state index is 5.88. The molecule has 2 aromatic carbocycles. The molecule has 0 radical (unpaired) electrons. The van der Waals surface area contributed by atoms with Crippen molar-refractivity contribution in [2.75, 3.05) is 40.6 Å². The van der Waals surface area contributed by atoms with Crippen LogP contribution in [0.25, 0.3) is 0 Å². The molecule has 5 heteroatoms. The molecule has 0 aliphatic carbocycles. The van der Waals surface area contributed by atoms with E-state index in [2.05, 4.69) is 0 Å². The van der Waals surface area contributed by atoms with Gasteiger partial charge in [-0.25, -0.2) is 0 Å². The molecule has 2 atom stereocenters. The molecule has 0 saturated carbocycles. The first-order valence-electron chi connectivity index (χ1n) is 8.31. The van der Waals surface area contributed by atoms with Crippen molar-refractivity contribution in [3.05, 3.63) is 60.7 Å². The van der Waals surface area contributed by atoms with Crippen LogP contribution in [-0.2, 0) is 9.47 Å². The number of ether oxygens (including phenoxy) is 4. The van der Waals surface area contributed by atoms with E-state index in [0.29, 0.717) is 26.4 Å². The van der Waals surface area contributed by atoms with Crippen molar-refractivity contribution in [2.45, 2.75) is 10.5 Å². The molecule has 0 N–H and O–H groups in total. The highest BCUT2D eigenvalue weighted by Crippen LogP contribution is 2.22. The van der Waals surface area contributed by atoms with Crippen molar-refractivity contribution in [3.63, 3.8) is 0 Å². The Morgan fingerprint density at radius 2 is 1.04 bits per heavy atom. The van der Waals surface area contributed by atoms with E-state index < -0.39 is 0 Å². The Balaban J connectivity index is 1.86. The van der Waals surface area contributed by atoms with E-state index in [1.54, 1.807) is 26.0 Å². The Labute approximate surface area is 154 Å². The van der Waals surface area contributed by atoms with E-state index in [1.807, 2.05) is 60.7 Å². The zero-order chi connectivity index (χ0) is 17.7. The van der Waals surface area contributed by atoms with Gasteiger partial charge < -0.3 is 18.9 Å². The van der Waals surface area contributed by atoms with Crippen LogP contribution in [-0.4, -0.2) is 51.1 Å². The summed E-state index contributed by atoms with van der Waals surface area (Å²) >= 11 is 1.78. The van der Waals surface area contributed by atoms with Gasteiger partial charge in [0.05, 0.1) is 23.7 Å². The number of benzene rings is 2. The molecule has 0 amide bonds. The first kappa shape index (κ1) is 19.6. The highest BCUT2D eigenvalue weighted by atomic mass is 32.2. The van der Waals surface area contributed by atoms with E-state index in [-0.39, 0.29) is 10.5 Å². The van der Waals surface area contributed by atoms with Crippen LogP contribution in [0.4, 0.5) is 0 Å². The van der Waals surface area contributed by atoms with Gasteiger partial charge in [-0.05, 0) is 24.3 Å². The van der Waals surface area contributed by atoms with Crippen LogP contribution in [0.15, 0.2) is 60.7 Å². The Bertz CT molecular complexity index is 513. The molecule has 136 valence electrons. The van der Waals surface area contributed by atoms with Gasteiger partial charge in [0.2, 0.25) is 0 Å².